The van der Waals surface area contributed by atoms with Crippen LogP contribution in [-0.2, 0) is 0 Å². The van der Waals surface area contributed by atoms with Crippen molar-refractivity contribution < 1.29 is 0 Å². The Hall–Kier alpha value is -1.61. The second-order valence-electron chi connectivity index (χ2n) is 5.23. The number of rotatable bonds is 4. The first-order valence-corrected chi connectivity index (χ1v) is 6.44. The summed E-state index contributed by atoms with van der Waals surface area (Å²) in [6, 6.07) is 8.27. The van der Waals surface area contributed by atoms with Crippen LogP contribution in [0, 0.1) is 12.8 Å². The Kier molecular flexibility index (Phi) is 3.82. The quantitative estimate of drug-likeness (QED) is 0.864. The zero-order chi connectivity index (χ0) is 13.1. The van der Waals surface area contributed by atoms with Gasteiger partial charge < -0.3 is 10.7 Å². The van der Waals surface area contributed by atoms with Crippen molar-refractivity contribution in [3.8, 4) is 11.3 Å². The van der Waals surface area contributed by atoms with Crippen LogP contribution in [0.1, 0.15) is 37.7 Å². The van der Waals surface area contributed by atoms with E-state index in [1.165, 1.54) is 11.1 Å². The van der Waals surface area contributed by atoms with Crippen LogP contribution >= 0.6 is 0 Å². The molecule has 0 spiro atoms. The van der Waals surface area contributed by atoms with E-state index in [2.05, 4.69) is 42.9 Å². The van der Waals surface area contributed by atoms with Gasteiger partial charge in [-0.05, 0) is 24.8 Å². The summed E-state index contributed by atoms with van der Waals surface area (Å²) < 4.78 is 0. The smallest absolute Gasteiger partial charge is 0.123 e. The Morgan fingerprint density at radius 2 is 2.00 bits per heavy atom. The molecule has 0 fully saturated rings. The molecule has 0 aliphatic carbocycles. The number of nitrogens with one attached hydrogen (secondary N) is 1. The number of hydrogen-bond donors (Lipinski definition) is 2. The molecule has 3 N–H and O–H groups in total. The number of hydrogen-bond acceptors (Lipinski definition) is 2. The third kappa shape index (κ3) is 2.79. The highest BCUT2D eigenvalue weighted by Gasteiger charge is 2.13. The van der Waals surface area contributed by atoms with Crippen LogP contribution in [0.5, 0.6) is 0 Å². The first-order chi connectivity index (χ1) is 8.58. The highest BCUT2D eigenvalue weighted by molar-refractivity contribution is 5.62. The van der Waals surface area contributed by atoms with Crippen molar-refractivity contribution in [1.29, 1.82) is 0 Å². The molecule has 0 saturated carbocycles. The standard InChI is InChI=1S/C15H21N3/c1-10(2)8-13(16)15-17-9-14(18-15)12-7-5-4-6-11(12)3/h4-7,9-10,13H,8,16H2,1-3H3,(H,17,18). The van der Waals surface area contributed by atoms with E-state index in [0.717, 1.165) is 17.9 Å². The maximum atomic E-state index is 6.13. The third-order valence-corrected chi connectivity index (χ3v) is 3.11. The number of benzene rings is 1. The van der Waals surface area contributed by atoms with Crippen molar-refractivity contribution in [1.82, 2.24) is 9.97 Å². The van der Waals surface area contributed by atoms with Gasteiger partial charge in [-0.2, -0.15) is 0 Å². The first kappa shape index (κ1) is 12.8. The van der Waals surface area contributed by atoms with Gasteiger partial charge in [0.15, 0.2) is 0 Å². The van der Waals surface area contributed by atoms with Gasteiger partial charge in [-0.1, -0.05) is 38.1 Å². The molecule has 18 heavy (non-hydrogen) atoms. The highest BCUT2D eigenvalue weighted by Crippen LogP contribution is 2.23. The zero-order valence-electron chi connectivity index (χ0n) is 11.3. The lowest BCUT2D eigenvalue weighted by Gasteiger charge is -2.11. The molecule has 1 aromatic heterocycles. The van der Waals surface area contributed by atoms with E-state index in [4.69, 9.17) is 5.73 Å². The SMILES string of the molecule is Cc1ccccc1-c1cnc(C(N)CC(C)C)[nH]1. The van der Waals surface area contributed by atoms with Gasteiger partial charge >= 0.3 is 0 Å². The molecular formula is C15H21N3. The molecule has 3 nitrogen and oxygen atoms in total. The third-order valence-electron chi connectivity index (χ3n) is 3.11. The minimum absolute atomic E-state index is 0.0113. The van der Waals surface area contributed by atoms with Gasteiger partial charge in [0.05, 0.1) is 17.9 Å². The molecule has 2 aromatic rings. The molecule has 0 saturated heterocycles. The number of imidazole rings is 1. The van der Waals surface area contributed by atoms with Crippen molar-refractivity contribution >= 4 is 0 Å². The monoisotopic (exact) mass is 243 g/mol. The number of nitrogens with zero attached hydrogens (tertiary/aromatic N) is 1. The number of aromatic nitrogens is 2. The summed E-state index contributed by atoms with van der Waals surface area (Å²) in [5, 5.41) is 0. The molecule has 96 valence electrons. The molecule has 0 aliphatic heterocycles. The summed E-state index contributed by atoms with van der Waals surface area (Å²) in [6.07, 6.45) is 2.82. The summed E-state index contributed by atoms with van der Waals surface area (Å²) in [5.74, 6) is 1.45. The lowest BCUT2D eigenvalue weighted by molar-refractivity contribution is 0.496. The lowest BCUT2D eigenvalue weighted by atomic mass is 10.0. The Morgan fingerprint density at radius 3 is 2.67 bits per heavy atom. The number of aromatic amines is 1. The normalized spacial score (nSPS) is 12.9. The fraction of sp³-hybridized carbons (Fsp3) is 0.400. The van der Waals surface area contributed by atoms with E-state index >= 15 is 0 Å². The molecule has 3 heteroatoms. The van der Waals surface area contributed by atoms with Crippen molar-refractivity contribution in [2.24, 2.45) is 11.7 Å². The molecule has 0 aliphatic rings. The van der Waals surface area contributed by atoms with Crippen LogP contribution in [0.4, 0.5) is 0 Å². The fourth-order valence-electron chi connectivity index (χ4n) is 2.16. The Labute approximate surface area is 108 Å². The second-order valence-corrected chi connectivity index (χ2v) is 5.23. The van der Waals surface area contributed by atoms with Crippen LogP contribution in [0.3, 0.4) is 0 Å². The van der Waals surface area contributed by atoms with Crippen molar-refractivity contribution in [3.05, 3.63) is 41.9 Å². The molecule has 1 unspecified atom stereocenters. The van der Waals surface area contributed by atoms with E-state index in [1.807, 2.05) is 18.3 Å². The summed E-state index contributed by atoms with van der Waals surface area (Å²) in [6.45, 7) is 6.44. The van der Waals surface area contributed by atoms with Crippen molar-refractivity contribution in [2.45, 2.75) is 33.2 Å². The Morgan fingerprint density at radius 1 is 1.28 bits per heavy atom. The molecule has 0 radical (unpaired) electrons. The minimum atomic E-state index is -0.0113. The number of aryl methyl sites for hydroxylation is 1. The van der Waals surface area contributed by atoms with Gasteiger partial charge in [0.1, 0.15) is 5.82 Å². The predicted molar refractivity (Wildman–Crippen MR) is 75.1 cm³/mol. The average Bonchev–Trinajstić information content (AvgIpc) is 2.78. The fourth-order valence-corrected chi connectivity index (χ4v) is 2.16. The summed E-state index contributed by atoms with van der Waals surface area (Å²) in [7, 11) is 0. The first-order valence-electron chi connectivity index (χ1n) is 6.44. The average molecular weight is 243 g/mol. The van der Waals surface area contributed by atoms with Gasteiger partial charge in [0.2, 0.25) is 0 Å². The maximum absolute atomic E-state index is 6.13. The van der Waals surface area contributed by atoms with E-state index in [0.29, 0.717) is 5.92 Å². The van der Waals surface area contributed by atoms with Gasteiger partial charge in [0, 0.05) is 5.56 Å². The van der Waals surface area contributed by atoms with Crippen molar-refractivity contribution in [2.75, 3.05) is 0 Å². The lowest BCUT2D eigenvalue weighted by Crippen LogP contribution is -2.14. The Bertz CT molecular complexity index is 514. The molecule has 2 rings (SSSR count). The summed E-state index contributed by atoms with van der Waals surface area (Å²) in [5.41, 5.74) is 9.60. The molecule has 0 amide bonds. The minimum Gasteiger partial charge on any atom is -0.341 e. The molecule has 1 atom stereocenters. The van der Waals surface area contributed by atoms with E-state index in [-0.39, 0.29) is 6.04 Å². The number of H-pyrrole nitrogens is 1. The highest BCUT2D eigenvalue weighted by atomic mass is 15.0. The van der Waals surface area contributed by atoms with Crippen LogP contribution in [0.25, 0.3) is 11.3 Å². The zero-order valence-corrected chi connectivity index (χ0v) is 11.3. The van der Waals surface area contributed by atoms with E-state index in [9.17, 15) is 0 Å². The maximum Gasteiger partial charge on any atom is 0.123 e. The molecule has 1 aromatic carbocycles. The summed E-state index contributed by atoms with van der Waals surface area (Å²) in [4.78, 5) is 7.75. The summed E-state index contributed by atoms with van der Waals surface area (Å²) >= 11 is 0. The topological polar surface area (TPSA) is 54.7 Å². The van der Waals surface area contributed by atoms with E-state index < -0.39 is 0 Å². The van der Waals surface area contributed by atoms with Gasteiger partial charge in [-0.3, -0.25) is 0 Å². The molecule has 0 bridgehead atoms. The largest absolute Gasteiger partial charge is 0.341 e. The van der Waals surface area contributed by atoms with Crippen LogP contribution in [-0.4, -0.2) is 9.97 Å². The van der Waals surface area contributed by atoms with Gasteiger partial charge in [-0.25, -0.2) is 4.98 Å². The predicted octanol–water partition coefficient (Wildman–Crippen LogP) is 3.43. The van der Waals surface area contributed by atoms with Crippen LogP contribution < -0.4 is 5.73 Å². The van der Waals surface area contributed by atoms with Gasteiger partial charge in [0.25, 0.3) is 0 Å². The Balaban J connectivity index is 2.23. The number of nitrogens with two attached hydrogens (primary N) is 1. The van der Waals surface area contributed by atoms with Crippen LogP contribution in [0.2, 0.25) is 0 Å². The molecule has 1 heterocycles. The van der Waals surface area contributed by atoms with Gasteiger partial charge in [-0.15, -0.1) is 0 Å². The van der Waals surface area contributed by atoms with E-state index in [1.54, 1.807) is 0 Å². The van der Waals surface area contributed by atoms with Crippen LogP contribution in [0.15, 0.2) is 30.5 Å². The van der Waals surface area contributed by atoms with Crippen molar-refractivity contribution in [3.63, 3.8) is 0 Å². The molecular weight excluding hydrogens is 222 g/mol. The second kappa shape index (κ2) is 5.36.